The van der Waals surface area contributed by atoms with E-state index in [4.69, 9.17) is 11.6 Å². The predicted octanol–water partition coefficient (Wildman–Crippen LogP) is 5.44. The number of aromatic nitrogens is 2. The summed E-state index contributed by atoms with van der Waals surface area (Å²) in [6.07, 6.45) is 0. The van der Waals surface area contributed by atoms with Crippen LogP contribution >= 0.6 is 11.6 Å². The zero-order valence-electron chi connectivity index (χ0n) is 14.1. The molecule has 0 aliphatic rings. The summed E-state index contributed by atoms with van der Waals surface area (Å²) in [4.78, 5) is 20.3. The van der Waals surface area contributed by atoms with E-state index in [2.05, 4.69) is 15.3 Å². The van der Waals surface area contributed by atoms with E-state index in [1.54, 1.807) is 18.2 Å². The SMILES string of the molecule is Cc1ccc(NC(=O)c2ccc(-c3nc4ccccc4[nH]3)cc2)cc1Cl. The molecule has 2 N–H and O–H groups in total. The van der Waals surface area contributed by atoms with Gasteiger partial charge in [0.15, 0.2) is 0 Å². The van der Waals surface area contributed by atoms with Crippen LogP contribution in [0.2, 0.25) is 5.02 Å². The van der Waals surface area contributed by atoms with E-state index in [1.165, 1.54) is 0 Å². The molecule has 0 spiro atoms. The number of aryl methyl sites for hydroxylation is 1. The minimum absolute atomic E-state index is 0.180. The van der Waals surface area contributed by atoms with Crippen LogP contribution in [0.5, 0.6) is 0 Å². The number of carbonyl (C=O) groups excluding carboxylic acids is 1. The number of nitrogens with zero attached hydrogens (tertiary/aromatic N) is 1. The topological polar surface area (TPSA) is 57.8 Å². The third kappa shape index (κ3) is 3.19. The highest BCUT2D eigenvalue weighted by atomic mass is 35.5. The Kier molecular flexibility index (Phi) is 4.19. The normalized spacial score (nSPS) is 10.8. The number of aromatic amines is 1. The quantitative estimate of drug-likeness (QED) is 0.510. The molecule has 4 rings (SSSR count). The van der Waals surface area contributed by atoms with E-state index in [0.717, 1.165) is 28.0 Å². The molecule has 5 heteroatoms. The number of anilines is 1. The number of fused-ring (bicyclic) bond motifs is 1. The van der Waals surface area contributed by atoms with Crippen LogP contribution in [0.4, 0.5) is 5.69 Å². The van der Waals surface area contributed by atoms with E-state index in [0.29, 0.717) is 16.3 Å². The molecule has 0 aliphatic heterocycles. The Morgan fingerprint density at radius 3 is 2.54 bits per heavy atom. The number of hydrogen-bond donors (Lipinski definition) is 2. The number of nitrogens with one attached hydrogen (secondary N) is 2. The molecule has 0 saturated carbocycles. The summed E-state index contributed by atoms with van der Waals surface area (Å²) in [5.41, 5.74) is 5.05. The van der Waals surface area contributed by atoms with Gasteiger partial charge in [-0.05, 0) is 48.9 Å². The molecular weight excluding hydrogens is 346 g/mol. The minimum atomic E-state index is -0.180. The Morgan fingerprint density at radius 1 is 1.04 bits per heavy atom. The molecule has 0 saturated heterocycles. The van der Waals surface area contributed by atoms with Gasteiger partial charge >= 0.3 is 0 Å². The number of halogens is 1. The molecule has 3 aromatic carbocycles. The average molecular weight is 362 g/mol. The predicted molar refractivity (Wildman–Crippen MR) is 106 cm³/mol. The van der Waals surface area contributed by atoms with E-state index in [1.807, 2.05) is 55.5 Å². The first-order valence-corrected chi connectivity index (χ1v) is 8.61. The number of carbonyl (C=O) groups is 1. The molecule has 0 aliphatic carbocycles. The molecule has 0 fully saturated rings. The Morgan fingerprint density at radius 2 is 1.81 bits per heavy atom. The number of amides is 1. The highest BCUT2D eigenvalue weighted by molar-refractivity contribution is 6.31. The molecule has 0 radical (unpaired) electrons. The lowest BCUT2D eigenvalue weighted by Gasteiger charge is -2.07. The molecule has 1 aromatic heterocycles. The van der Waals surface area contributed by atoms with Crippen molar-refractivity contribution in [2.24, 2.45) is 0 Å². The van der Waals surface area contributed by atoms with Crippen LogP contribution in [0.25, 0.3) is 22.4 Å². The van der Waals surface area contributed by atoms with Gasteiger partial charge in [0.1, 0.15) is 5.82 Å². The maximum atomic E-state index is 12.4. The number of para-hydroxylation sites is 2. The molecule has 26 heavy (non-hydrogen) atoms. The van der Waals surface area contributed by atoms with Crippen LogP contribution < -0.4 is 5.32 Å². The number of imidazole rings is 1. The maximum absolute atomic E-state index is 12.4. The van der Waals surface area contributed by atoms with Crippen molar-refractivity contribution in [3.05, 3.63) is 82.9 Å². The third-order valence-corrected chi connectivity index (χ3v) is 4.65. The minimum Gasteiger partial charge on any atom is -0.338 e. The first kappa shape index (κ1) is 16.4. The fourth-order valence-corrected chi connectivity index (χ4v) is 2.92. The molecular formula is C21H16ClN3O. The van der Waals surface area contributed by atoms with Gasteiger partial charge in [0.25, 0.3) is 5.91 Å². The molecule has 4 aromatic rings. The molecule has 0 atom stereocenters. The van der Waals surface area contributed by atoms with Gasteiger partial charge in [-0.1, -0.05) is 41.9 Å². The van der Waals surface area contributed by atoms with Crippen LogP contribution in [0, 0.1) is 6.92 Å². The molecule has 128 valence electrons. The lowest BCUT2D eigenvalue weighted by molar-refractivity contribution is 0.102. The van der Waals surface area contributed by atoms with Crippen molar-refractivity contribution in [1.82, 2.24) is 9.97 Å². The van der Waals surface area contributed by atoms with Crippen molar-refractivity contribution in [3.8, 4) is 11.4 Å². The van der Waals surface area contributed by atoms with Crippen molar-refractivity contribution < 1.29 is 4.79 Å². The second kappa shape index (κ2) is 6.65. The van der Waals surface area contributed by atoms with E-state index >= 15 is 0 Å². The number of rotatable bonds is 3. The number of hydrogen-bond acceptors (Lipinski definition) is 2. The molecule has 4 nitrogen and oxygen atoms in total. The largest absolute Gasteiger partial charge is 0.338 e. The monoisotopic (exact) mass is 361 g/mol. The van der Waals surface area contributed by atoms with Crippen molar-refractivity contribution in [1.29, 1.82) is 0 Å². The van der Waals surface area contributed by atoms with Crippen LogP contribution in [0.3, 0.4) is 0 Å². The number of benzene rings is 3. The highest BCUT2D eigenvalue weighted by Gasteiger charge is 2.09. The third-order valence-electron chi connectivity index (χ3n) is 4.24. The van der Waals surface area contributed by atoms with Crippen LogP contribution in [-0.4, -0.2) is 15.9 Å². The van der Waals surface area contributed by atoms with Gasteiger partial charge in [0, 0.05) is 21.8 Å². The first-order chi connectivity index (χ1) is 12.6. The first-order valence-electron chi connectivity index (χ1n) is 8.23. The lowest BCUT2D eigenvalue weighted by atomic mass is 10.1. The van der Waals surface area contributed by atoms with Crippen molar-refractivity contribution in [2.75, 3.05) is 5.32 Å². The Labute approximate surface area is 155 Å². The summed E-state index contributed by atoms with van der Waals surface area (Å²) < 4.78 is 0. The second-order valence-corrected chi connectivity index (χ2v) is 6.51. The molecule has 1 heterocycles. The Bertz CT molecular complexity index is 1070. The lowest BCUT2D eigenvalue weighted by Crippen LogP contribution is -2.11. The Hall–Kier alpha value is -3.11. The molecule has 0 bridgehead atoms. The van der Waals surface area contributed by atoms with Gasteiger partial charge in [-0.3, -0.25) is 4.79 Å². The number of H-pyrrole nitrogens is 1. The van der Waals surface area contributed by atoms with E-state index in [-0.39, 0.29) is 5.91 Å². The summed E-state index contributed by atoms with van der Waals surface area (Å²) in [6, 6.07) is 20.7. The smallest absolute Gasteiger partial charge is 0.255 e. The highest BCUT2D eigenvalue weighted by Crippen LogP contribution is 2.22. The molecule has 0 unspecified atom stereocenters. The van der Waals surface area contributed by atoms with Crippen LogP contribution in [0.15, 0.2) is 66.7 Å². The summed E-state index contributed by atoms with van der Waals surface area (Å²) >= 11 is 6.10. The fourth-order valence-electron chi connectivity index (χ4n) is 2.74. The van der Waals surface area contributed by atoms with Crippen LogP contribution in [-0.2, 0) is 0 Å². The van der Waals surface area contributed by atoms with E-state index < -0.39 is 0 Å². The standard InChI is InChI=1S/C21H16ClN3O/c1-13-6-11-16(12-17(13)22)23-21(26)15-9-7-14(8-10-15)20-24-18-4-2-3-5-19(18)25-20/h2-12H,1H3,(H,23,26)(H,24,25). The maximum Gasteiger partial charge on any atom is 0.255 e. The summed E-state index contributed by atoms with van der Waals surface area (Å²) in [6.45, 7) is 1.92. The van der Waals surface area contributed by atoms with Crippen molar-refractivity contribution >= 4 is 34.2 Å². The van der Waals surface area contributed by atoms with Crippen molar-refractivity contribution in [3.63, 3.8) is 0 Å². The van der Waals surface area contributed by atoms with Gasteiger partial charge in [0.05, 0.1) is 11.0 Å². The molecule has 1 amide bonds. The second-order valence-electron chi connectivity index (χ2n) is 6.10. The van der Waals surface area contributed by atoms with Crippen molar-refractivity contribution in [2.45, 2.75) is 6.92 Å². The summed E-state index contributed by atoms with van der Waals surface area (Å²) in [5.74, 6) is 0.601. The Balaban J connectivity index is 1.54. The summed E-state index contributed by atoms with van der Waals surface area (Å²) in [5, 5.41) is 3.49. The van der Waals surface area contributed by atoms with Gasteiger partial charge in [-0.15, -0.1) is 0 Å². The zero-order chi connectivity index (χ0) is 18.1. The zero-order valence-corrected chi connectivity index (χ0v) is 14.8. The summed E-state index contributed by atoms with van der Waals surface area (Å²) in [7, 11) is 0. The average Bonchev–Trinajstić information content (AvgIpc) is 3.09. The van der Waals surface area contributed by atoms with Gasteiger partial charge in [0.2, 0.25) is 0 Å². The van der Waals surface area contributed by atoms with Gasteiger partial charge < -0.3 is 10.3 Å². The van der Waals surface area contributed by atoms with Gasteiger partial charge in [-0.2, -0.15) is 0 Å². The van der Waals surface area contributed by atoms with Gasteiger partial charge in [-0.25, -0.2) is 4.98 Å². The van der Waals surface area contributed by atoms with Crippen LogP contribution in [0.1, 0.15) is 15.9 Å². The fraction of sp³-hybridized carbons (Fsp3) is 0.0476. The van der Waals surface area contributed by atoms with E-state index in [9.17, 15) is 4.79 Å².